The molecule has 4 heteroatoms. The lowest BCUT2D eigenvalue weighted by molar-refractivity contribution is -0.135. The Morgan fingerprint density at radius 2 is 1.85 bits per heavy atom. The summed E-state index contributed by atoms with van der Waals surface area (Å²) in [5.41, 5.74) is 7.61. The summed E-state index contributed by atoms with van der Waals surface area (Å²) in [5.74, 6) is 0.246. The number of phenolic OH excluding ortho intramolecular Hbond substituents is 1. The predicted octanol–water partition coefficient (Wildman–Crippen LogP) is 2.18. The van der Waals surface area contributed by atoms with Crippen molar-refractivity contribution < 1.29 is 14.6 Å². The average Bonchev–Trinajstić information content (AvgIpc) is 2.44. The molecule has 0 aliphatic heterocycles. The van der Waals surface area contributed by atoms with E-state index in [2.05, 4.69) is 0 Å². The van der Waals surface area contributed by atoms with Gasteiger partial charge in [0.05, 0.1) is 0 Å². The van der Waals surface area contributed by atoms with Crippen LogP contribution in [0.3, 0.4) is 0 Å². The zero-order valence-electron chi connectivity index (χ0n) is 11.2. The summed E-state index contributed by atoms with van der Waals surface area (Å²) in [7, 11) is 0. The number of hydrogen-bond donors (Lipinski definition) is 2. The Morgan fingerprint density at radius 3 is 2.50 bits per heavy atom. The Morgan fingerprint density at radius 1 is 1.20 bits per heavy atom. The fourth-order valence-electron chi connectivity index (χ4n) is 1.82. The van der Waals surface area contributed by atoms with Crippen LogP contribution < -0.4 is 10.5 Å². The van der Waals surface area contributed by atoms with Crippen LogP contribution in [0.2, 0.25) is 0 Å². The maximum Gasteiger partial charge on any atom is 0.328 e. The van der Waals surface area contributed by atoms with Gasteiger partial charge in [-0.1, -0.05) is 30.3 Å². The maximum atomic E-state index is 11.9. The zero-order valence-corrected chi connectivity index (χ0v) is 11.2. The highest BCUT2D eigenvalue weighted by molar-refractivity contribution is 5.78. The number of rotatable bonds is 4. The van der Waals surface area contributed by atoms with E-state index < -0.39 is 12.0 Å². The van der Waals surface area contributed by atoms with Gasteiger partial charge in [-0.15, -0.1) is 0 Å². The molecule has 2 aromatic carbocycles. The van der Waals surface area contributed by atoms with E-state index in [1.54, 1.807) is 36.4 Å². The number of carbonyl (C=O) groups excluding carboxylic acids is 1. The number of phenols is 1. The first kappa shape index (κ1) is 14.1. The summed E-state index contributed by atoms with van der Waals surface area (Å²) >= 11 is 0. The van der Waals surface area contributed by atoms with Gasteiger partial charge in [0.1, 0.15) is 17.5 Å². The van der Waals surface area contributed by atoms with Crippen LogP contribution in [0.25, 0.3) is 0 Å². The van der Waals surface area contributed by atoms with Crippen molar-refractivity contribution >= 4 is 5.97 Å². The monoisotopic (exact) mass is 271 g/mol. The van der Waals surface area contributed by atoms with Crippen LogP contribution in [0.4, 0.5) is 0 Å². The first-order chi connectivity index (χ1) is 9.56. The van der Waals surface area contributed by atoms with Crippen molar-refractivity contribution in [1.29, 1.82) is 0 Å². The van der Waals surface area contributed by atoms with Gasteiger partial charge in [-0.2, -0.15) is 0 Å². The second kappa shape index (κ2) is 6.21. The largest absolute Gasteiger partial charge is 0.508 e. The van der Waals surface area contributed by atoms with Gasteiger partial charge in [-0.3, -0.25) is 0 Å². The second-order valence-corrected chi connectivity index (χ2v) is 4.66. The van der Waals surface area contributed by atoms with E-state index in [1.165, 1.54) is 0 Å². The minimum absolute atomic E-state index is 0.185. The fraction of sp³-hybridized carbons (Fsp3) is 0.188. The van der Waals surface area contributed by atoms with E-state index in [0.717, 1.165) is 11.1 Å². The minimum Gasteiger partial charge on any atom is -0.508 e. The smallest absolute Gasteiger partial charge is 0.328 e. The van der Waals surface area contributed by atoms with Gasteiger partial charge in [-0.05, 0) is 42.7 Å². The van der Waals surface area contributed by atoms with Crippen molar-refractivity contribution in [3.05, 3.63) is 59.7 Å². The standard InChI is InChI=1S/C16H17NO3/c1-11-4-2-3-5-15(11)20-16(19)14(17)10-12-6-8-13(18)9-7-12/h2-9,14,18H,10,17H2,1H3/t14-/m0/s1. The lowest BCUT2D eigenvalue weighted by Crippen LogP contribution is -2.36. The number of ether oxygens (including phenoxy) is 1. The SMILES string of the molecule is Cc1ccccc1OC(=O)[C@@H](N)Cc1ccc(O)cc1. The molecule has 4 nitrogen and oxygen atoms in total. The number of para-hydroxylation sites is 1. The molecule has 3 N–H and O–H groups in total. The Hall–Kier alpha value is -2.33. The first-order valence-corrected chi connectivity index (χ1v) is 6.37. The molecule has 1 atom stereocenters. The van der Waals surface area contributed by atoms with Crippen LogP contribution in [-0.2, 0) is 11.2 Å². The normalized spacial score (nSPS) is 11.9. The Kier molecular flexibility index (Phi) is 4.38. The summed E-state index contributed by atoms with van der Waals surface area (Å²) in [6, 6.07) is 13.1. The number of benzene rings is 2. The van der Waals surface area contributed by atoms with Crippen LogP contribution in [-0.4, -0.2) is 17.1 Å². The molecule has 0 amide bonds. The summed E-state index contributed by atoms with van der Waals surface area (Å²) in [6.07, 6.45) is 0.366. The third kappa shape index (κ3) is 3.59. The lowest BCUT2D eigenvalue weighted by Gasteiger charge is -2.12. The fourth-order valence-corrected chi connectivity index (χ4v) is 1.82. The van der Waals surface area contributed by atoms with Gasteiger partial charge in [0, 0.05) is 0 Å². The number of aromatic hydroxyl groups is 1. The molecule has 0 heterocycles. The second-order valence-electron chi connectivity index (χ2n) is 4.66. The molecular formula is C16H17NO3. The number of aryl methyl sites for hydroxylation is 1. The minimum atomic E-state index is -0.737. The number of hydrogen-bond acceptors (Lipinski definition) is 4. The summed E-state index contributed by atoms with van der Waals surface area (Å²) in [5, 5.41) is 9.20. The number of esters is 1. The molecule has 0 bridgehead atoms. The van der Waals surface area contributed by atoms with Gasteiger partial charge in [0.2, 0.25) is 0 Å². The van der Waals surface area contributed by atoms with Crippen LogP contribution in [0.15, 0.2) is 48.5 Å². The average molecular weight is 271 g/mol. The molecular weight excluding hydrogens is 254 g/mol. The maximum absolute atomic E-state index is 11.9. The van der Waals surface area contributed by atoms with Crippen LogP contribution >= 0.6 is 0 Å². The van der Waals surface area contributed by atoms with Crippen LogP contribution in [0.1, 0.15) is 11.1 Å². The van der Waals surface area contributed by atoms with Crippen molar-refractivity contribution in [2.75, 3.05) is 0 Å². The highest BCUT2D eigenvalue weighted by Crippen LogP contribution is 2.17. The number of nitrogens with two attached hydrogens (primary N) is 1. The molecule has 104 valence electrons. The highest BCUT2D eigenvalue weighted by atomic mass is 16.5. The third-order valence-corrected chi connectivity index (χ3v) is 3.00. The summed E-state index contributed by atoms with van der Waals surface area (Å²) in [4.78, 5) is 11.9. The molecule has 0 saturated carbocycles. The molecule has 2 aromatic rings. The lowest BCUT2D eigenvalue weighted by atomic mass is 10.1. The van der Waals surface area contributed by atoms with Crippen molar-refractivity contribution in [2.24, 2.45) is 5.73 Å². The molecule has 0 unspecified atom stereocenters. The first-order valence-electron chi connectivity index (χ1n) is 6.37. The van der Waals surface area contributed by atoms with Gasteiger partial charge in [0.15, 0.2) is 0 Å². The molecule has 0 radical (unpaired) electrons. The van der Waals surface area contributed by atoms with Gasteiger partial charge < -0.3 is 15.6 Å². The molecule has 0 aromatic heterocycles. The quantitative estimate of drug-likeness (QED) is 0.660. The van der Waals surface area contributed by atoms with Gasteiger partial charge in [-0.25, -0.2) is 4.79 Å². The highest BCUT2D eigenvalue weighted by Gasteiger charge is 2.17. The predicted molar refractivity (Wildman–Crippen MR) is 76.6 cm³/mol. The molecule has 0 spiro atoms. The van der Waals surface area contributed by atoms with E-state index in [4.69, 9.17) is 10.5 Å². The van der Waals surface area contributed by atoms with E-state index in [0.29, 0.717) is 12.2 Å². The van der Waals surface area contributed by atoms with Crippen LogP contribution in [0, 0.1) is 6.92 Å². The molecule has 0 aliphatic carbocycles. The van der Waals surface area contributed by atoms with E-state index in [1.807, 2.05) is 19.1 Å². The topological polar surface area (TPSA) is 72.5 Å². The molecule has 0 aliphatic rings. The third-order valence-electron chi connectivity index (χ3n) is 3.00. The molecule has 20 heavy (non-hydrogen) atoms. The Bertz CT molecular complexity index is 593. The molecule has 2 rings (SSSR count). The molecule has 0 saturated heterocycles. The van der Waals surface area contributed by atoms with Crippen molar-refractivity contribution in [1.82, 2.24) is 0 Å². The van der Waals surface area contributed by atoms with Crippen LogP contribution in [0.5, 0.6) is 11.5 Å². The summed E-state index contributed by atoms with van der Waals surface area (Å²) in [6.45, 7) is 1.87. The van der Waals surface area contributed by atoms with Gasteiger partial charge >= 0.3 is 5.97 Å². The van der Waals surface area contributed by atoms with Crippen molar-refractivity contribution in [3.8, 4) is 11.5 Å². The van der Waals surface area contributed by atoms with E-state index >= 15 is 0 Å². The zero-order chi connectivity index (χ0) is 14.5. The van der Waals surface area contributed by atoms with E-state index in [9.17, 15) is 9.90 Å². The van der Waals surface area contributed by atoms with Crippen molar-refractivity contribution in [2.45, 2.75) is 19.4 Å². The van der Waals surface area contributed by atoms with Gasteiger partial charge in [0.25, 0.3) is 0 Å². The molecule has 0 fully saturated rings. The van der Waals surface area contributed by atoms with E-state index in [-0.39, 0.29) is 5.75 Å². The Labute approximate surface area is 117 Å². The number of carbonyl (C=O) groups is 1. The van der Waals surface area contributed by atoms with Crippen molar-refractivity contribution in [3.63, 3.8) is 0 Å². The Balaban J connectivity index is 1.99. The summed E-state index contributed by atoms with van der Waals surface area (Å²) < 4.78 is 5.29.